The molecule has 0 aliphatic heterocycles. The van der Waals surface area contributed by atoms with Crippen LogP contribution in [0.4, 0.5) is 4.79 Å². The molecule has 0 saturated carbocycles. The van der Waals surface area contributed by atoms with Crippen LogP contribution in [0.5, 0.6) is 0 Å². The summed E-state index contributed by atoms with van der Waals surface area (Å²) in [6.45, 7) is 0. The van der Waals surface area contributed by atoms with Crippen molar-refractivity contribution in [3.63, 3.8) is 0 Å². The van der Waals surface area contributed by atoms with Crippen LogP contribution in [0.15, 0.2) is 0 Å². The van der Waals surface area contributed by atoms with Crippen molar-refractivity contribution < 1.29 is 52.8 Å². The van der Waals surface area contributed by atoms with Gasteiger partial charge in [-0.05, 0) is 6.16 Å². The molecule has 0 aromatic heterocycles. The van der Waals surface area contributed by atoms with Crippen molar-refractivity contribution in [1.29, 1.82) is 0 Å². The van der Waals surface area contributed by atoms with Crippen LogP contribution in [0.3, 0.4) is 0 Å². The summed E-state index contributed by atoms with van der Waals surface area (Å²) < 4.78 is 0. The first-order chi connectivity index (χ1) is 3.46. The van der Waals surface area contributed by atoms with E-state index in [4.69, 9.17) is 30.3 Å². The van der Waals surface area contributed by atoms with Crippen molar-refractivity contribution in [3.05, 3.63) is 15.3 Å². The minimum absolute atomic E-state index is 0. The van der Waals surface area contributed by atoms with Crippen LogP contribution in [0.25, 0.3) is 0 Å². The van der Waals surface area contributed by atoms with Gasteiger partial charge in [-0.3, -0.25) is 0 Å². The smallest absolute Gasteiger partial charge is 0.652 e. The topological polar surface area (TPSA) is 129 Å². The molecule has 0 saturated heterocycles. The molecule has 0 atom stereocenters. The molecule has 0 spiro atoms. The van der Waals surface area contributed by atoms with Crippen LogP contribution < -0.4 is 10.2 Å². The van der Waals surface area contributed by atoms with Crippen LogP contribution in [0.1, 0.15) is 0 Å². The van der Waals surface area contributed by atoms with E-state index in [0.29, 0.717) is 0 Å². The fourth-order valence-corrected chi connectivity index (χ4v) is 0. The maximum absolute atomic E-state index is 8.33. The molecule has 0 aliphatic rings. The van der Waals surface area contributed by atoms with Crippen LogP contribution in [0.2, 0.25) is 0 Å². The number of hydrogen-bond acceptors (Lipinski definition) is 6. The molecule has 0 bridgehead atoms. The van der Waals surface area contributed by atoms with Gasteiger partial charge in [0.05, 0.1) is 5.09 Å². The Kier molecular flexibility index (Phi) is 18.5. The van der Waals surface area contributed by atoms with Crippen molar-refractivity contribution in [1.82, 2.24) is 0 Å². The van der Waals surface area contributed by atoms with E-state index in [1.54, 1.807) is 0 Å². The summed E-state index contributed by atoms with van der Waals surface area (Å²) in [5.74, 6) is 0. The molecule has 7 nitrogen and oxygen atoms in total. The van der Waals surface area contributed by atoms with Crippen molar-refractivity contribution in [3.8, 4) is 0 Å². The summed E-state index contributed by atoms with van der Waals surface area (Å²) in [6.07, 6.45) is -2.33. The van der Waals surface area contributed by atoms with Gasteiger partial charge in [0.1, 0.15) is 0 Å². The van der Waals surface area contributed by atoms with Crippen LogP contribution in [0, 0.1) is 15.3 Å². The van der Waals surface area contributed by atoms with Crippen LogP contribution in [-0.4, -0.2) is 11.2 Å². The summed E-state index contributed by atoms with van der Waals surface area (Å²) in [7, 11) is 0. The minimum atomic E-state index is -2.33. The second kappa shape index (κ2) is 10.5. The van der Waals surface area contributed by atoms with E-state index >= 15 is 0 Å². The van der Waals surface area contributed by atoms with Gasteiger partial charge in [0, 0.05) is 0 Å². The molecule has 0 fully saturated rings. The average molecular weight is 211 g/mol. The van der Waals surface area contributed by atoms with Gasteiger partial charge in [-0.25, -0.2) is 0 Å². The molecule has 0 aromatic carbocycles. The van der Waals surface area contributed by atoms with Gasteiger partial charge in [0.15, 0.2) is 0 Å². The summed E-state index contributed by atoms with van der Waals surface area (Å²) in [5.41, 5.74) is 0. The molecule has 0 amide bonds. The number of carbonyl (C=O) groups excluding carboxylic acids is 1. The summed E-state index contributed by atoms with van der Waals surface area (Å²) in [5, 5.41) is 31.4. The van der Waals surface area contributed by atoms with E-state index in [1.165, 1.54) is 0 Å². The molecular weight excluding hydrogens is 211 g/mol. The Bertz CT molecular complexity index is 71.1. The Morgan fingerprint density at radius 3 is 1.22 bits per heavy atom. The van der Waals surface area contributed by atoms with Gasteiger partial charge in [-0.15, -0.1) is 0 Å². The van der Waals surface area contributed by atoms with E-state index in [-0.39, 0.29) is 32.7 Å². The molecular formula is CNO6Y. The van der Waals surface area contributed by atoms with Gasteiger partial charge in [0.2, 0.25) is 0 Å². The predicted octanol–water partition coefficient (Wildman–Crippen LogP) is -2.69. The quantitative estimate of drug-likeness (QED) is 0.316. The summed E-state index contributed by atoms with van der Waals surface area (Å²) >= 11 is 0. The van der Waals surface area contributed by atoms with Crippen molar-refractivity contribution in [2.45, 2.75) is 0 Å². The number of rotatable bonds is 0. The van der Waals surface area contributed by atoms with Crippen molar-refractivity contribution in [2.75, 3.05) is 0 Å². The van der Waals surface area contributed by atoms with Gasteiger partial charge >= 0.3 is 32.7 Å². The SMILES string of the molecule is O=C([O-])[O-].O=[N+]([O-])[O-].[Y+3]. The molecule has 0 radical (unpaired) electrons. The Morgan fingerprint density at radius 1 is 1.22 bits per heavy atom. The average Bonchev–Trinajstić information content (AvgIpc) is 1.25. The summed E-state index contributed by atoms with van der Waals surface area (Å²) in [4.78, 5) is 16.6. The minimum Gasteiger partial charge on any atom is -0.652 e. The molecule has 0 unspecified atom stereocenters. The Morgan fingerprint density at radius 2 is 1.22 bits per heavy atom. The number of nitrogens with zero attached hydrogens (tertiary/aromatic N) is 1. The van der Waals surface area contributed by atoms with E-state index in [2.05, 4.69) is 0 Å². The first kappa shape index (κ1) is 15.8. The standard InChI is InChI=1S/CH2O3.NO3.Y/c2*2-1(3)4;/h(H2,2,3,4);;/q;-1;+3/p-2. The van der Waals surface area contributed by atoms with E-state index in [0.717, 1.165) is 0 Å². The van der Waals surface area contributed by atoms with Gasteiger partial charge < -0.3 is 30.3 Å². The monoisotopic (exact) mass is 211 g/mol. The molecule has 0 aliphatic carbocycles. The molecule has 0 rings (SSSR count). The Balaban J connectivity index is -0.0000000720. The van der Waals surface area contributed by atoms with Crippen molar-refractivity contribution >= 4 is 6.16 Å². The van der Waals surface area contributed by atoms with Gasteiger partial charge in [0.25, 0.3) is 0 Å². The molecule has 48 valence electrons. The second-order valence-electron chi connectivity index (χ2n) is 0.474. The molecule has 9 heavy (non-hydrogen) atoms. The third-order valence-corrected chi connectivity index (χ3v) is 0. The number of hydrogen-bond donors (Lipinski definition) is 0. The zero-order chi connectivity index (χ0) is 7.15. The molecule has 0 N–H and O–H groups in total. The van der Waals surface area contributed by atoms with Crippen molar-refractivity contribution in [2.24, 2.45) is 0 Å². The first-order valence-electron chi connectivity index (χ1n) is 1.16. The van der Waals surface area contributed by atoms with E-state index < -0.39 is 11.2 Å². The number of carboxylic acid groups (broad SMARTS) is 2. The van der Waals surface area contributed by atoms with Gasteiger partial charge in [-0.2, -0.15) is 0 Å². The van der Waals surface area contributed by atoms with E-state index in [9.17, 15) is 0 Å². The third-order valence-electron chi connectivity index (χ3n) is 0. The number of carbonyl (C=O) groups is 1. The predicted molar refractivity (Wildman–Crippen MR) is 15.8 cm³/mol. The maximum Gasteiger partial charge on any atom is 3.00 e. The van der Waals surface area contributed by atoms with E-state index in [1.807, 2.05) is 0 Å². The Hall–Kier alpha value is -0.426. The largest absolute Gasteiger partial charge is 3.00 e. The van der Waals surface area contributed by atoms with Crippen LogP contribution >= 0.6 is 0 Å². The van der Waals surface area contributed by atoms with Gasteiger partial charge in [-0.1, -0.05) is 0 Å². The Labute approximate surface area is 74.3 Å². The molecule has 0 heterocycles. The molecule has 0 aromatic rings. The first-order valence-corrected chi connectivity index (χ1v) is 1.16. The molecule has 8 heteroatoms. The fourth-order valence-electron chi connectivity index (χ4n) is 0. The second-order valence-corrected chi connectivity index (χ2v) is 0.474. The maximum atomic E-state index is 8.33. The third kappa shape index (κ3) is 1300. The fraction of sp³-hybridized carbons (Fsp3) is 0. The zero-order valence-electron chi connectivity index (χ0n) is 3.97. The normalized spacial score (nSPS) is 5.33. The van der Waals surface area contributed by atoms with Crippen LogP contribution in [-0.2, 0) is 32.7 Å². The zero-order valence-corrected chi connectivity index (χ0v) is 6.81. The summed E-state index contributed by atoms with van der Waals surface area (Å²) in [6, 6.07) is 0.